The van der Waals surface area contributed by atoms with Gasteiger partial charge in [-0.1, -0.05) is 0 Å². The summed E-state index contributed by atoms with van der Waals surface area (Å²) >= 11 is 3.88. The molecule has 0 radical (unpaired) electrons. The molecule has 0 amide bonds. The molecule has 0 unspecified atom stereocenters. The molecule has 0 aromatic carbocycles. The Labute approximate surface area is 108 Å². The first kappa shape index (κ1) is 12.0. The van der Waals surface area contributed by atoms with E-state index in [2.05, 4.69) is 15.1 Å². The monoisotopic (exact) mass is 304 g/mol. The van der Waals surface area contributed by atoms with Crippen molar-refractivity contribution in [2.45, 2.75) is 87.6 Å². The Balaban J connectivity index is 1.86. The molecule has 92 valence electrons. The molecule has 0 N–H and O–H groups in total. The maximum atomic E-state index is 3.88. The van der Waals surface area contributed by atoms with Gasteiger partial charge in [0.25, 0.3) is 0 Å². The summed E-state index contributed by atoms with van der Waals surface area (Å²) < 4.78 is 0. The summed E-state index contributed by atoms with van der Waals surface area (Å²) in [4.78, 5) is 0. The Hall–Kier alpha value is 0.949. The van der Waals surface area contributed by atoms with Crippen LogP contribution in [-0.4, -0.2) is 32.1 Å². The van der Waals surface area contributed by atoms with Gasteiger partial charge < -0.3 is 0 Å². The van der Waals surface area contributed by atoms with Crippen molar-refractivity contribution in [1.82, 2.24) is 0 Å². The molecule has 16 heavy (non-hydrogen) atoms. The SMILES string of the molecule is [Se]=P1(C2CCCCC2)C2CCCC1CCC2. The Kier molecular flexibility index (Phi) is 3.68. The van der Waals surface area contributed by atoms with Gasteiger partial charge in [-0.3, -0.25) is 0 Å². The van der Waals surface area contributed by atoms with E-state index in [1.807, 2.05) is 0 Å². The Morgan fingerprint density at radius 1 is 0.562 bits per heavy atom. The quantitative estimate of drug-likeness (QED) is 0.493. The predicted octanol–water partition coefficient (Wildman–Crippen LogP) is 4.53. The third kappa shape index (κ3) is 1.92. The zero-order valence-corrected chi connectivity index (χ0v) is 13.0. The first-order valence-corrected chi connectivity index (χ1v) is 11.6. The van der Waals surface area contributed by atoms with Crippen LogP contribution in [0.15, 0.2) is 0 Å². The standard InChI is InChI=1S/C14H25PSe/c16-15(12-6-2-1-3-7-12)13-8-4-9-14(15)11-5-10-13/h12-14H,1-11H2. The molecule has 3 aliphatic rings. The number of hydrogen-bond donors (Lipinski definition) is 0. The van der Waals surface area contributed by atoms with E-state index in [-0.39, 0.29) is 0 Å². The van der Waals surface area contributed by atoms with E-state index in [0.717, 1.165) is 17.0 Å². The summed E-state index contributed by atoms with van der Waals surface area (Å²) in [7, 11) is 0. The first-order chi connectivity index (χ1) is 7.82. The third-order valence-corrected chi connectivity index (χ3v) is 16.0. The van der Waals surface area contributed by atoms with Crippen LogP contribution in [-0.2, 0) is 0 Å². The number of fused-ring (bicyclic) bond motifs is 2. The Bertz CT molecular complexity index is 267. The van der Waals surface area contributed by atoms with Gasteiger partial charge >= 0.3 is 108 Å². The molecule has 2 bridgehead atoms. The van der Waals surface area contributed by atoms with Gasteiger partial charge in [0.05, 0.1) is 0 Å². The average molecular weight is 303 g/mol. The van der Waals surface area contributed by atoms with Crippen molar-refractivity contribution >= 4 is 20.6 Å². The summed E-state index contributed by atoms with van der Waals surface area (Å²) in [5.41, 5.74) is 2.78. The van der Waals surface area contributed by atoms with Gasteiger partial charge in [0, 0.05) is 0 Å². The van der Waals surface area contributed by atoms with Crippen LogP contribution >= 0.6 is 5.51 Å². The van der Waals surface area contributed by atoms with E-state index < -0.39 is 5.51 Å². The van der Waals surface area contributed by atoms with Crippen molar-refractivity contribution in [2.24, 2.45) is 0 Å². The molecule has 2 saturated heterocycles. The van der Waals surface area contributed by atoms with E-state index in [9.17, 15) is 0 Å². The zero-order chi connectivity index (χ0) is 11.0. The van der Waals surface area contributed by atoms with Crippen molar-refractivity contribution in [2.75, 3.05) is 0 Å². The van der Waals surface area contributed by atoms with E-state index in [1.54, 1.807) is 51.4 Å². The number of rotatable bonds is 1. The van der Waals surface area contributed by atoms with Crippen LogP contribution in [0.25, 0.3) is 0 Å². The van der Waals surface area contributed by atoms with Gasteiger partial charge in [-0.25, -0.2) is 0 Å². The van der Waals surface area contributed by atoms with Crippen molar-refractivity contribution < 1.29 is 0 Å². The van der Waals surface area contributed by atoms with Gasteiger partial charge in [-0.2, -0.15) is 0 Å². The molecule has 2 aliphatic heterocycles. The van der Waals surface area contributed by atoms with Gasteiger partial charge in [0.1, 0.15) is 0 Å². The van der Waals surface area contributed by atoms with Crippen molar-refractivity contribution in [1.29, 1.82) is 0 Å². The zero-order valence-electron chi connectivity index (χ0n) is 10.4. The third-order valence-electron chi connectivity index (χ3n) is 5.44. The van der Waals surface area contributed by atoms with Gasteiger partial charge in [0.2, 0.25) is 0 Å². The summed E-state index contributed by atoms with van der Waals surface area (Å²) in [5, 5.41) is 0. The first-order valence-electron chi connectivity index (χ1n) is 7.41. The summed E-state index contributed by atoms with van der Waals surface area (Å²) in [6, 6.07) is 0. The molecule has 2 heteroatoms. The van der Waals surface area contributed by atoms with Crippen LogP contribution in [0.1, 0.15) is 70.6 Å². The molecular formula is C14H25PSe. The molecule has 0 aromatic heterocycles. The van der Waals surface area contributed by atoms with Crippen LogP contribution in [0.3, 0.4) is 0 Å². The van der Waals surface area contributed by atoms with Crippen molar-refractivity contribution in [3.05, 3.63) is 0 Å². The van der Waals surface area contributed by atoms with Crippen molar-refractivity contribution in [3.63, 3.8) is 0 Å². The fraction of sp³-hybridized carbons (Fsp3) is 1.00. The fourth-order valence-corrected chi connectivity index (χ4v) is 13.9. The summed E-state index contributed by atoms with van der Waals surface area (Å²) in [5.74, 6) is 0. The molecule has 0 spiro atoms. The van der Waals surface area contributed by atoms with Gasteiger partial charge in [-0.15, -0.1) is 0 Å². The molecule has 0 nitrogen and oxygen atoms in total. The Morgan fingerprint density at radius 2 is 0.938 bits per heavy atom. The molecule has 3 rings (SSSR count). The minimum atomic E-state index is -0.678. The minimum absolute atomic E-state index is 0.678. The average Bonchev–Trinajstić information content (AvgIpc) is 2.29. The summed E-state index contributed by atoms with van der Waals surface area (Å²) in [6.45, 7) is 0. The second-order valence-electron chi connectivity index (χ2n) is 6.22. The van der Waals surface area contributed by atoms with Crippen LogP contribution in [0, 0.1) is 0 Å². The molecule has 1 aliphatic carbocycles. The normalized spacial score (nSPS) is 45.5. The molecular weight excluding hydrogens is 278 g/mol. The second-order valence-corrected chi connectivity index (χ2v) is 13.9. The van der Waals surface area contributed by atoms with Crippen molar-refractivity contribution in [3.8, 4) is 0 Å². The maximum absolute atomic E-state index is 3.88. The molecule has 0 atom stereocenters. The van der Waals surface area contributed by atoms with Crippen LogP contribution in [0.2, 0.25) is 0 Å². The van der Waals surface area contributed by atoms with E-state index in [4.69, 9.17) is 0 Å². The van der Waals surface area contributed by atoms with Gasteiger partial charge in [-0.05, 0) is 0 Å². The molecule has 3 fully saturated rings. The van der Waals surface area contributed by atoms with E-state index >= 15 is 0 Å². The van der Waals surface area contributed by atoms with Crippen LogP contribution in [0.4, 0.5) is 0 Å². The Morgan fingerprint density at radius 3 is 1.38 bits per heavy atom. The molecule has 1 saturated carbocycles. The van der Waals surface area contributed by atoms with Crippen LogP contribution in [0.5, 0.6) is 0 Å². The fourth-order valence-electron chi connectivity index (χ4n) is 4.65. The van der Waals surface area contributed by atoms with E-state index in [0.29, 0.717) is 0 Å². The van der Waals surface area contributed by atoms with Gasteiger partial charge in [0.15, 0.2) is 0 Å². The number of hydrogen-bond acceptors (Lipinski definition) is 0. The summed E-state index contributed by atoms with van der Waals surface area (Å²) in [6.07, 6.45) is 17.1. The molecule has 0 aromatic rings. The van der Waals surface area contributed by atoms with Crippen LogP contribution < -0.4 is 0 Å². The topological polar surface area (TPSA) is 0 Å². The molecule has 2 heterocycles. The predicted molar refractivity (Wildman–Crippen MR) is 74.8 cm³/mol. The van der Waals surface area contributed by atoms with E-state index in [1.165, 1.54) is 19.3 Å². The second kappa shape index (κ2) is 4.91.